The molecule has 1 fully saturated rings. The van der Waals surface area contributed by atoms with Gasteiger partial charge in [-0.15, -0.1) is 0 Å². The monoisotopic (exact) mass is 356 g/mol. The van der Waals surface area contributed by atoms with Gasteiger partial charge in [0.2, 0.25) is 5.95 Å². The SMILES string of the molecule is CCc1ncnc(N2CCCC3(CCc4cnc(N(C)C)nc43)C2)c1F. The molecule has 7 heteroatoms. The molecule has 0 radical (unpaired) electrons. The number of piperidine rings is 1. The lowest BCUT2D eigenvalue weighted by molar-refractivity contribution is 0.331. The molecule has 1 aliphatic heterocycles. The van der Waals surface area contributed by atoms with Gasteiger partial charge in [-0.05, 0) is 37.7 Å². The molecule has 1 atom stereocenters. The summed E-state index contributed by atoms with van der Waals surface area (Å²) in [4.78, 5) is 21.7. The molecule has 1 aliphatic carbocycles. The number of hydrogen-bond acceptors (Lipinski definition) is 6. The number of aromatic nitrogens is 4. The smallest absolute Gasteiger partial charge is 0.225 e. The number of aryl methyl sites for hydroxylation is 2. The Morgan fingerprint density at radius 2 is 2.08 bits per heavy atom. The first-order valence-corrected chi connectivity index (χ1v) is 9.32. The average molecular weight is 356 g/mol. The molecule has 26 heavy (non-hydrogen) atoms. The molecule has 2 aromatic rings. The normalized spacial score (nSPS) is 21.9. The highest BCUT2D eigenvalue weighted by Gasteiger charge is 2.44. The zero-order chi connectivity index (χ0) is 18.3. The molecule has 0 aromatic carbocycles. The summed E-state index contributed by atoms with van der Waals surface area (Å²) in [6.07, 6.45) is 8.13. The molecule has 4 rings (SSSR count). The predicted molar refractivity (Wildman–Crippen MR) is 99.2 cm³/mol. The van der Waals surface area contributed by atoms with Crippen molar-refractivity contribution in [2.24, 2.45) is 0 Å². The van der Waals surface area contributed by atoms with E-state index in [4.69, 9.17) is 4.98 Å². The number of anilines is 2. The second kappa shape index (κ2) is 6.45. The van der Waals surface area contributed by atoms with Gasteiger partial charge in [-0.25, -0.2) is 24.3 Å². The van der Waals surface area contributed by atoms with E-state index in [2.05, 4.69) is 19.9 Å². The van der Waals surface area contributed by atoms with Crippen LogP contribution in [0.15, 0.2) is 12.5 Å². The molecule has 1 spiro atoms. The van der Waals surface area contributed by atoms with Crippen molar-refractivity contribution < 1.29 is 4.39 Å². The Morgan fingerprint density at radius 3 is 2.85 bits per heavy atom. The standard InChI is InChI=1S/C19H25FN6/c1-4-14-15(20)17(23-12-22-14)26-9-5-7-19(11-26)8-6-13-10-21-18(25(2)3)24-16(13)19/h10,12H,4-9,11H2,1-3H3. The van der Waals surface area contributed by atoms with Gasteiger partial charge >= 0.3 is 0 Å². The molecule has 3 heterocycles. The highest BCUT2D eigenvalue weighted by Crippen LogP contribution is 2.45. The van der Waals surface area contributed by atoms with E-state index in [0.29, 0.717) is 17.9 Å². The van der Waals surface area contributed by atoms with Crippen LogP contribution >= 0.6 is 0 Å². The molecule has 0 amide bonds. The number of nitrogens with zero attached hydrogens (tertiary/aromatic N) is 6. The maximum Gasteiger partial charge on any atom is 0.225 e. The van der Waals surface area contributed by atoms with Crippen LogP contribution in [0, 0.1) is 5.82 Å². The Kier molecular flexibility index (Phi) is 4.25. The van der Waals surface area contributed by atoms with E-state index >= 15 is 0 Å². The van der Waals surface area contributed by atoms with Crippen LogP contribution < -0.4 is 9.80 Å². The minimum absolute atomic E-state index is 0.0367. The van der Waals surface area contributed by atoms with Gasteiger partial charge in [-0.1, -0.05) is 6.92 Å². The summed E-state index contributed by atoms with van der Waals surface area (Å²) >= 11 is 0. The summed E-state index contributed by atoms with van der Waals surface area (Å²) in [5.74, 6) is 0.900. The fraction of sp³-hybridized carbons (Fsp3) is 0.579. The Hall–Kier alpha value is -2.31. The summed E-state index contributed by atoms with van der Waals surface area (Å²) < 4.78 is 14.8. The average Bonchev–Trinajstić information content (AvgIpc) is 2.99. The summed E-state index contributed by atoms with van der Waals surface area (Å²) in [5.41, 5.74) is 2.82. The van der Waals surface area contributed by atoms with Crippen LogP contribution in [-0.2, 0) is 18.3 Å². The van der Waals surface area contributed by atoms with Crippen LogP contribution in [0.25, 0.3) is 0 Å². The number of rotatable bonds is 3. The van der Waals surface area contributed by atoms with Crippen molar-refractivity contribution >= 4 is 11.8 Å². The third-order valence-electron chi connectivity index (χ3n) is 5.68. The minimum atomic E-state index is -0.276. The van der Waals surface area contributed by atoms with E-state index in [1.165, 1.54) is 11.9 Å². The highest BCUT2D eigenvalue weighted by atomic mass is 19.1. The van der Waals surface area contributed by atoms with Gasteiger partial charge in [0.25, 0.3) is 0 Å². The lowest BCUT2D eigenvalue weighted by Crippen LogP contribution is -2.46. The maximum atomic E-state index is 14.8. The Morgan fingerprint density at radius 1 is 1.23 bits per heavy atom. The van der Waals surface area contributed by atoms with Crippen molar-refractivity contribution in [1.29, 1.82) is 0 Å². The van der Waals surface area contributed by atoms with Gasteiger partial charge in [0.1, 0.15) is 6.33 Å². The van der Waals surface area contributed by atoms with Crippen molar-refractivity contribution in [3.05, 3.63) is 35.3 Å². The summed E-state index contributed by atoms with van der Waals surface area (Å²) in [6, 6.07) is 0. The van der Waals surface area contributed by atoms with Crippen LogP contribution in [0.4, 0.5) is 16.2 Å². The van der Waals surface area contributed by atoms with E-state index in [1.54, 1.807) is 0 Å². The van der Waals surface area contributed by atoms with E-state index in [1.807, 2.05) is 32.1 Å². The molecule has 2 aliphatic rings. The minimum Gasteiger partial charge on any atom is -0.353 e. The van der Waals surface area contributed by atoms with Crippen molar-refractivity contribution in [3.8, 4) is 0 Å². The Balaban J connectivity index is 1.70. The van der Waals surface area contributed by atoms with Crippen LogP contribution in [0.5, 0.6) is 0 Å². The zero-order valence-corrected chi connectivity index (χ0v) is 15.7. The van der Waals surface area contributed by atoms with Gasteiger partial charge in [0.05, 0.1) is 11.4 Å². The largest absolute Gasteiger partial charge is 0.353 e. The topological polar surface area (TPSA) is 58.0 Å². The predicted octanol–water partition coefficient (Wildman–Crippen LogP) is 2.52. The third kappa shape index (κ3) is 2.70. The molecule has 0 N–H and O–H groups in total. The van der Waals surface area contributed by atoms with E-state index in [9.17, 15) is 4.39 Å². The summed E-state index contributed by atoms with van der Waals surface area (Å²) in [6.45, 7) is 3.49. The molecule has 1 saturated heterocycles. The summed E-state index contributed by atoms with van der Waals surface area (Å²) in [7, 11) is 3.91. The fourth-order valence-electron chi connectivity index (χ4n) is 4.32. The molecule has 6 nitrogen and oxygen atoms in total. The first-order valence-electron chi connectivity index (χ1n) is 9.32. The highest BCUT2D eigenvalue weighted by molar-refractivity contribution is 5.46. The van der Waals surface area contributed by atoms with Gasteiger partial charge in [-0.2, -0.15) is 0 Å². The molecule has 0 bridgehead atoms. The van der Waals surface area contributed by atoms with Crippen molar-refractivity contribution in [3.63, 3.8) is 0 Å². The molecule has 1 unspecified atom stereocenters. The maximum absolute atomic E-state index is 14.8. The van der Waals surface area contributed by atoms with Crippen LogP contribution in [0.1, 0.15) is 43.1 Å². The van der Waals surface area contributed by atoms with Gasteiger partial charge < -0.3 is 9.80 Å². The number of halogens is 1. The lowest BCUT2D eigenvalue weighted by atomic mass is 9.77. The fourth-order valence-corrected chi connectivity index (χ4v) is 4.32. The molecular formula is C19H25FN6. The van der Waals surface area contributed by atoms with Gasteiger partial charge in [0.15, 0.2) is 11.6 Å². The van der Waals surface area contributed by atoms with E-state index in [-0.39, 0.29) is 11.2 Å². The third-order valence-corrected chi connectivity index (χ3v) is 5.68. The van der Waals surface area contributed by atoms with Crippen LogP contribution in [0.2, 0.25) is 0 Å². The first-order chi connectivity index (χ1) is 12.5. The number of hydrogen-bond donors (Lipinski definition) is 0. The second-order valence-electron chi connectivity index (χ2n) is 7.56. The lowest BCUT2D eigenvalue weighted by Gasteiger charge is -2.41. The van der Waals surface area contributed by atoms with E-state index < -0.39 is 0 Å². The first kappa shape index (κ1) is 17.1. The van der Waals surface area contributed by atoms with Gasteiger partial charge in [0, 0.05) is 38.8 Å². The molecule has 2 aromatic heterocycles. The van der Waals surface area contributed by atoms with Gasteiger partial charge in [-0.3, -0.25) is 0 Å². The summed E-state index contributed by atoms with van der Waals surface area (Å²) in [5, 5.41) is 0. The van der Waals surface area contributed by atoms with Crippen molar-refractivity contribution in [2.75, 3.05) is 37.0 Å². The zero-order valence-electron chi connectivity index (χ0n) is 15.7. The quantitative estimate of drug-likeness (QED) is 0.842. The van der Waals surface area contributed by atoms with Crippen molar-refractivity contribution in [1.82, 2.24) is 19.9 Å². The second-order valence-corrected chi connectivity index (χ2v) is 7.56. The molecule has 0 saturated carbocycles. The number of fused-ring (bicyclic) bond motifs is 2. The van der Waals surface area contributed by atoms with Crippen LogP contribution in [0.3, 0.4) is 0 Å². The van der Waals surface area contributed by atoms with E-state index in [0.717, 1.165) is 50.4 Å². The Labute approximate surface area is 153 Å². The molecule has 138 valence electrons. The molecular weight excluding hydrogens is 331 g/mol. The van der Waals surface area contributed by atoms with Crippen LogP contribution in [-0.4, -0.2) is 47.1 Å². The Bertz CT molecular complexity index is 820. The van der Waals surface area contributed by atoms with Crippen molar-refractivity contribution in [2.45, 2.75) is 44.4 Å².